The van der Waals surface area contributed by atoms with Gasteiger partial charge in [-0.15, -0.1) is 0 Å². The van der Waals surface area contributed by atoms with Crippen LogP contribution in [0.3, 0.4) is 0 Å². The average Bonchev–Trinajstić information content (AvgIpc) is 2.32. The van der Waals surface area contributed by atoms with Crippen LogP contribution in [0.1, 0.15) is 22.8 Å². The minimum atomic E-state index is -0.383. The van der Waals surface area contributed by atoms with E-state index < -0.39 is 0 Å². The summed E-state index contributed by atoms with van der Waals surface area (Å²) in [4.78, 5) is 0. The number of hydrogen-bond acceptors (Lipinski definition) is 3. The number of benzene rings is 1. The molecular weight excluding hydrogens is 204 g/mol. The van der Waals surface area contributed by atoms with Gasteiger partial charge in [-0.25, -0.2) is 0 Å². The molecule has 1 rings (SSSR count). The van der Waals surface area contributed by atoms with Gasteiger partial charge in [-0.05, 0) is 29.7 Å². The lowest BCUT2D eigenvalue weighted by Gasteiger charge is -2.16. The average molecular weight is 222 g/mol. The van der Waals surface area contributed by atoms with Crippen molar-refractivity contribution in [2.75, 3.05) is 19.8 Å². The van der Waals surface area contributed by atoms with E-state index >= 15 is 0 Å². The molecule has 3 nitrogen and oxygen atoms in total. The van der Waals surface area contributed by atoms with E-state index in [0.29, 0.717) is 0 Å². The lowest BCUT2D eigenvalue weighted by molar-refractivity contribution is -0.00474. The molecule has 0 fully saturated rings. The molecule has 0 aliphatic heterocycles. The van der Waals surface area contributed by atoms with Gasteiger partial charge in [-0.1, -0.05) is 24.8 Å². The van der Waals surface area contributed by atoms with Crippen LogP contribution < -0.4 is 0 Å². The fourth-order valence-electron chi connectivity index (χ4n) is 1.53. The summed E-state index contributed by atoms with van der Waals surface area (Å²) in [5.74, 6) is 0. The molecule has 0 aliphatic rings. The predicted octanol–water partition coefficient (Wildman–Crippen LogP) is 1.68. The Bertz CT molecular complexity index is 347. The van der Waals surface area contributed by atoms with Crippen molar-refractivity contribution in [2.24, 2.45) is 0 Å². The summed E-state index contributed by atoms with van der Waals surface area (Å²) in [5, 5.41) is 17.9. The monoisotopic (exact) mass is 222 g/mol. The van der Waals surface area contributed by atoms with Gasteiger partial charge in [0.15, 0.2) is 0 Å². The Morgan fingerprint density at radius 1 is 1.44 bits per heavy atom. The van der Waals surface area contributed by atoms with E-state index in [1.165, 1.54) is 0 Å². The Morgan fingerprint density at radius 2 is 2.19 bits per heavy atom. The van der Waals surface area contributed by atoms with Gasteiger partial charge in [-0.3, -0.25) is 0 Å². The topological polar surface area (TPSA) is 49.7 Å². The molecule has 0 amide bonds. The molecule has 0 heterocycles. The van der Waals surface area contributed by atoms with Crippen LogP contribution in [0.2, 0.25) is 0 Å². The Hall–Kier alpha value is -1.16. The van der Waals surface area contributed by atoms with Crippen LogP contribution in [0.15, 0.2) is 24.8 Å². The van der Waals surface area contributed by atoms with Crippen LogP contribution in [0.4, 0.5) is 0 Å². The molecule has 1 aromatic carbocycles. The number of hydrogen-bond donors (Lipinski definition) is 2. The molecule has 0 spiro atoms. The molecule has 0 bridgehead atoms. The molecule has 0 aliphatic carbocycles. The number of ether oxygens (including phenoxy) is 1. The van der Waals surface area contributed by atoms with E-state index in [1.54, 1.807) is 6.08 Å². The van der Waals surface area contributed by atoms with Crippen molar-refractivity contribution < 1.29 is 14.9 Å². The summed E-state index contributed by atoms with van der Waals surface area (Å²) in [6, 6.07) is 5.83. The van der Waals surface area contributed by atoms with Crippen LogP contribution in [0.25, 0.3) is 6.08 Å². The Balaban J connectivity index is 2.87. The Morgan fingerprint density at radius 3 is 2.75 bits per heavy atom. The highest BCUT2D eigenvalue weighted by atomic mass is 16.5. The van der Waals surface area contributed by atoms with Crippen LogP contribution in [0, 0.1) is 6.92 Å². The zero-order chi connectivity index (χ0) is 12.0. The van der Waals surface area contributed by atoms with E-state index in [1.807, 2.05) is 25.1 Å². The second kappa shape index (κ2) is 6.43. The molecule has 3 heteroatoms. The van der Waals surface area contributed by atoms with Crippen LogP contribution >= 0.6 is 0 Å². The lowest BCUT2D eigenvalue weighted by Crippen LogP contribution is -2.12. The largest absolute Gasteiger partial charge is 0.394 e. The Kier molecular flexibility index (Phi) is 5.19. The molecule has 0 aromatic heterocycles. The second-order valence-corrected chi connectivity index (χ2v) is 3.59. The van der Waals surface area contributed by atoms with Crippen LogP contribution in [-0.2, 0) is 4.74 Å². The van der Waals surface area contributed by atoms with Crippen molar-refractivity contribution in [1.82, 2.24) is 0 Å². The number of rotatable bonds is 6. The molecular formula is C13H18O3. The third-order valence-electron chi connectivity index (χ3n) is 2.47. The third-order valence-corrected chi connectivity index (χ3v) is 2.47. The van der Waals surface area contributed by atoms with Gasteiger partial charge in [0.05, 0.1) is 19.8 Å². The van der Waals surface area contributed by atoms with Crippen LogP contribution in [0.5, 0.6) is 0 Å². The van der Waals surface area contributed by atoms with Gasteiger partial charge in [0.25, 0.3) is 0 Å². The molecule has 0 saturated carbocycles. The van der Waals surface area contributed by atoms with E-state index in [0.717, 1.165) is 16.7 Å². The molecule has 88 valence electrons. The molecule has 0 radical (unpaired) electrons. The lowest BCUT2D eigenvalue weighted by atomic mass is 10.0. The highest BCUT2D eigenvalue weighted by molar-refractivity contribution is 5.53. The fraction of sp³-hybridized carbons (Fsp3) is 0.385. The summed E-state index contributed by atoms with van der Waals surface area (Å²) in [5.41, 5.74) is 3.07. The second-order valence-electron chi connectivity index (χ2n) is 3.59. The SMILES string of the molecule is C=Cc1cc(C(CO)OCCO)ccc1C. The normalized spacial score (nSPS) is 12.4. The molecule has 1 atom stereocenters. The van der Waals surface area contributed by atoms with Crippen molar-refractivity contribution >= 4 is 6.08 Å². The van der Waals surface area contributed by atoms with Gasteiger partial charge in [0.2, 0.25) is 0 Å². The first-order valence-electron chi connectivity index (χ1n) is 5.29. The number of aliphatic hydroxyl groups is 2. The minimum Gasteiger partial charge on any atom is -0.394 e. The molecule has 0 saturated heterocycles. The zero-order valence-corrected chi connectivity index (χ0v) is 9.52. The van der Waals surface area contributed by atoms with Gasteiger partial charge in [-0.2, -0.15) is 0 Å². The van der Waals surface area contributed by atoms with E-state index in [9.17, 15) is 5.11 Å². The first kappa shape index (κ1) is 12.9. The summed E-state index contributed by atoms with van der Waals surface area (Å²) in [6.45, 7) is 5.82. The summed E-state index contributed by atoms with van der Waals surface area (Å²) < 4.78 is 5.33. The van der Waals surface area contributed by atoms with Gasteiger partial charge < -0.3 is 14.9 Å². The summed E-state index contributed by atoms with van der Waals surface area (Å²) in [6.07, 6.45) is 1.39. The van der Waals surface area contributed by atoms with Crippen molar-refractivity contribution in [2.45, 2.75) is 13.0 Å². The molecule has 1 aromatic rings. The maximum atomic E-state index is 9.21. The number of aryl methyl sites for hydroxylation is 1. The smallest absolute Gasteiger partial charge is 0.106 e. The molecule has 2 N–H and O–H groups in total. The summed E-state index contributed by atoms with van der Waals surface area (Å²) >= 11 is 0. The van der Waals surface area contributed by atoms with Crippen molar-refractivity contribution in [3.63, 3.8) is 0 Å². The Labute approximate surface area is 96.0 Å². The maximum absolute atomic E-state index is 9.21. The quantitative estimate of drug-likeness (QED) is 0.770. The minimum absolute atomic E-state index is 0.0450. The first-order chi connectivity index (χ1) is 7.72. The fourth-order valence-corrected chi connectivity index (χ4v) is 1.53. The standard InChI is InChI=1S/C13H18O3/c1-3-11-8-12(5-4-10(11)2)13(9-15)16-7-6-14/h3-5,8,13-15H,1,6-7,9H2,2H3. The first-order valence-corrected chi connectivity index (χ1v) is 5.29. The van der Waals surface area contributed by atoms with E-state index in [4.69, 9.17) is 9.84 Å². The van der Waals surface area contributed by atoms with E-state index in [-0.39, 0.29) is 25.9 Å². The predicted molar refractivity (Wildman–Crippen MR) is 64.1 cm³/mol. The maximum Gasteiger partial charge on any atom is 0.106 e. The summed E-state index contributed by atoms with van der Waals surface area (Å²) in [7, 11) is 0. The zero-order valence-electron chi connectivity index (χ0n) is 9.52. The van der Waals surface area contributed by atoms with Gasteiger partial charge in [0.1, 0.15) is 6.10 Å². The van der Waals surface area contributed by atoms with Crippen molar-refractivity contribution in [3.8, 4) is 0 Å². The van der Waals surface area contributed by atoms with Gasteiger partial charge >= 0.3 is 0 Å². The van der Waals surface area contributed by atoms with Gasteiger partial charge in [0, 0.05) is 0 Å². The van der Waals surface area contributed by atoms with Crippen LogP contribution in [-0.4, -0.2) is 30.0 Å². The third kappa shape index (κ3) is 3.17. The van der Waals surface area contributed by atoms with Crippen molar-refractivity contribution in [3.05, 3.63) is 41.5 Å². The molecule has 16 heavy (non-hydrogen) atoms. The van der Waals surface area contributed by atoms with Crippen molar-refractivity contribution in [1.29, 1.82) is 0 Å². The van der Waals surface area contributed by atoms with E-state index in [2.05, 4.69) is 6.58 Å². The highest BCUT2D eigenvalue weighted by Gasteiger charge is 2.11. The highest BCUT2D eigenvalue weighted by Crippen LogP contribution is 2.20. The number of aliphatic hydroxyl groups excluding tert-OH is 2. The molecule has 1 unspecified atom stereocenters.